The maximum absolute atomic E-state index is 12.5. The summed E-state index contributed by atoms with van der Waals surface area (Å²) >= 11 is 0. The first-order valence-corrected chi connectivity index (χ1v) is 14.2. The van der Waals surface area contributed by atoms with Gasteiger partial charge in [0.25, 0.3) is 0 Å². The summed E-state index contributed by atoms with van der Waals surface area (Å²) in [6.45, 7) is 3.85. The highest BCUT2D eigenvalue weighted by molar-refractivity contribution is 5.73. The number of morpholine rings is 1. The van der Waals surface area contributed by atoms with E-state index in [4.69, 9.17) is 24.4 Å². The molecule has 224 valence electrons. The third kappa shape index (κ3) is 7.26. The molecule has 0 atom stereocenters. The van der Waals surface area contributed by atoms with E-state index in [2.05, 4.69) is 14.5 Å². The fourth-order valence-electron chi connectivity index (χ4n) is 5.11. The van der Waals surface area contributed by atoms with E-state index in [0.29, 0.717) is 75.8 Å². The predicted molar refractivity (Wildman–Crippen MR) is 157 cm³/mol. The lowest BCUT2D eigenvalue weighted by Crippen LogP contribution is -2.41. The summed E-state index contributed by atoms with van der Waals surface area (Å²) in [6, 6.07) is 25.5. The first-order chi connectivity index (χ1) is 20.9. The number of aromatic nitrogens is 3. The van der Waals surface area contributed by atoms with Gasteiger partial charge in [-0.25, -0.2) is 0 Å². The number of alkyl halides is 3. The van der Waals surface area contributed by atoms with Crippen LogP contribution in [0.2, 0.25) is 0 Å². The molecule has 4 aromatic rings. The quantitative estimate of drug-likeness (QED) is 0.240. The normalized spacial score (nSPS) is 16.2. The van der Waals surface area contributed by atoms with E-state index >= 15 is 0 Å². The minimum Gasteiger partial charge on any atom is -0.490 e. The second-order valence-corrected chi connectivity index (χ2v) is 10.2. The summed E-state index contributed by atoms with van der Waals surface area (Å²) in [5.74, 6) is 1.90. The maximum atomic E-state index is 12.5. The summed E-state index contributed by atoms with van der Waals surface area (Å²) in [6.07, 6.45) is -3.45. The zero-order valence-corrected chi connectivity index (χ0v) is 23.4. The second-order valence-electron chi connectivity index (χ2n) is 10.2. The molecule has 3 aromatic carbocycles. The summed E-state index contributed by atoms with van der Waals surface area (Å²) in [5.41, 5.74) is 1.86. The Morgan fingerprint density at radius 2 is 1.19 bits per heavy atom. The monoisotopic (exact) mass is 592 g/mol. The van der Waals surface area contributed by atoms with Gasteiger partial charge >= 0.3 is 6.36 Å². The minimum absolute atomic E-state index is 0.101. The van der Waals surface area contributed by atoms with Crippen molar-refractivity contribution in [1.29, 1.82) is 0 Å². The van der Waals surface area contributed by atoms with E-state index in [1.165, 1.54) is 24.3 Å². The summed E-state index contributed by atoms with van der Waals surface area (Å²) in [4.78, 5) is 21.1. The van der Waals surface area contributed by atoms with Gasteiger partial charge in [0.05, 0.1) is 13.2 Å². The molecule has 0 saturated carbocycles. The molecule has 0 N–H and O–H groups in total. The molecule has 9 nitrogen and oxygen atoms in total. The van der Waals surface area contributed by atoms with Crippen molar-refractivity contribution >= 4 is 29.2 Å². The number of anilines is 5. The Morgan fingerprint density at radius 1 is 0.674 bits per heavy atom. The number of nitrogens with zero attached hydrogens (tertiary/aromatic N) is 6. The van der Waals surface area contributed by atoms with Crippen molar-refractivity contribution in [3.63, 3.8) is 0 Å². The van der Waals surface area contributed by atoms with Crippen LogP contribution >= 0.6 is 0 Å². The average Bonchev–Trinajstić information content (AvgIpc) is 3.03. The van der Waals surface area contributed by atoms with Crippen molar-refractivity contribution in [2.75, 3.05) is 54.1 Å². The zero-order chi connectivity index (χ0) is 29.6. The molecule has 2 aliphatic heterocycles. The largest absolute Gasteiger partial charge is 0.573 e. The lowest BCUT2D eigenvalue weighted by Gasteiger charge is -2.34. The number of piperidine rings is 1. The van der Waals surface area contributed by atoms with Gasteiger partial charge in [-0.05, 0) is 48.5 Å². The van der Waals surface area contributed by atoms with E-state index in [-0.39, 0.29) is 11.9 Å². The molecule has 3 heterocycles. The van der Waals surface area contributed by atoms with Crippen LogP contribution in [0.3, 0.4) is 0 Å². The second kappa shape index (κ2) is 12.7. The topological polar surface area (TPSA) is 76.1 Å². The lowest BCUT2D eigenvalue weighted by atomic mass is 10.1. The number of para-hydroxylation sites is 2. The predicted octanol–water partition coefficient (Wildman–Crippen LogP) is 6.12. The number of benzene rings is 3. The van der Waals surface area contributed by atoms with E-state index in [0.717, 1.165) is 11.4 Å². The Kier molecular flexibility index (Phi) is 8.45. The van der Waals surface area contributed by atoms with Gasteiger partial charge in [-0.2, -0.15) is 15.0 Å². The van der Waals surface area contributed by atoms with Crippen LogP contribution in [0.25, 0.3) is 0 Å². The Morgan fingerprint density at radius 3 is 1.72 bits per heavy atom. The van der Waals surface area contributed by atoms with Crippen molar-refractivity contribution in [2.45, 2.75) is 25.3 Å². The first-order valence-electron chi connectivity index (χ1n) is 14.2. The zero-order valence-electron chi connectivity index (χ0n) is 23.4. The van der Waals surface area contributed by atoms with Crippen LogP contribution in [0.15, 0.2) is 84.9 Å². The summed E-state index contributed by atoms with van der Waals surface area (Å²) in [7, 11) is 0. The number of hydrogen-bond donors (Lipinski definition) is 0. The van der Waals surface area contributed by atoms with Crippen LogP contribution in [0.4, 0.5) is 42.4 Å². The molecule has 43 heavy (non-hydrogen) atoms. The molecule has 0 radical (unpaired) electrons. The van der Waals surface area contributed by atoms with Gasteiger partial charge in [0, 0.05) is 50.4 Å². The molecule has 6 rings (SSSR count). The highest BCUT2D eigenvalue weighted by atomic mass is 19.4. The highest BCUT2D eigenvalue weighted by Gasteiger charge is 2.31. The van der Waals surface area contributed by atoms with Crippen molar-refractivity contribution in [3.8, 4) is 11.5 Å². The lowest BCUT2D eigenvalue weighted by molar-refractivity contribution is -0.274. The molecule has 0 aliphatic carbocycles. The van der Waals surface area contributed by atoms with Crippen LogP contribution in [0.5, 0.6) is 11.5 Å². The minimum atomic E-state index is -4.73. The Bertz CT molecular complexity index is 1420. The molecule has 1 aromatic heterocycles. The molecule has 2 saturated heterocycles. The van der Waals surface area contributed by atoms with Gasteiger partial charge in [-0.1, -0.05) is 36.4 Å². The van der Waals surface area contributed by atoms with Crippen LogP contribution in [-0.4, -0.2) is 66.8 Å². The highest BCUT2D eigenvalue weighted by Crippen LogP contribution is 2.34. The van der Waals surface area contributed by atoms with Gasteiger partial charge in [0.2, 0.25) is 17.8 Å². The number of ether oxygens (including phenoxy) is 3. The van der Waals surface area contributed by atoms with Gasteiger partial charge in [-0.15, -0.1) is 13.2 Å². The van der Waals surface area contributed by atoms with Gasteiger partial charge in [0.15, 0.2) is 0 Å². The van der Waals surface area contributed by atoms with E-state index in [1.54, 1.807) is 0 Å². The molecule has 0 spiro atoms. The van der Waals surface area contributed by atoms with Crippen LogP contribution in [-0.2, 0) is 4.74 Å². The third-order valence-electron chi connectivity index (χ3n) is 7.21. The molecule has 12 heteroatoms. The third-order valence-corrected chi connectivity index (χ3v) is 7.21. The van der Waals surface area contributed by atoms with Crippen LogP contribution in [0, 0.1) is 0 Å². The van der Waals surface area contributed by atoms with Crippen molar-refractivity contribution in [1.82, 2.24) is 15.0 Å². The number of rotatable bonds is 8. The maximum Gasteiger partial charge on any atom is 0.573 e. The van der Waals surface area contributed by atoms with Crippen molar-refractivity contribution in [2.24, 2.45) is 0 Å². The Balaban J connectivity index is 1.23. The smallest absolute Gasteiger partial charge is 0.490 e. The number of hydrogen-bond acceptors (Lipinski definition) is 9. The van der Waals surface area contributed by atoms with Gasteiger partial charge in [0.1, 0.15) is 17.6 Å². The van der Waals surface area contributed by atoms with E-state index < -0.39 is 6.36 Å². The van der Waals surface area contributed by atoms with Crippen LogP contribution < -0.4 is 24.2 Å². The molecular weight excluding hydrogens is 561 g/mol. The molecule has 0 amide bonds. The SMILES string of the molecule is FC(F)(F)Oc1ccc(OC2CCN(c3nc(N4CCOCC4)nc(N(c4ccccc4)c4ccccc4)n3)CC2)cc1. The average molecular weight is 593 g/mol. The molecule has 0 bridgehead atoms. The van der Waals surface area contributed by atoms with E-state index in [9.17, 15) is 13.2 Å². The molecule has 2 fully saturated rings. The van der Waals surface area contributed by atoms with Crippen molar-refractivity contribution in [3.05, 3.63) is 84.9 Å². The number of halogens is 3. The fraction of sp³-hybridized carbons (Fsp3) is 0.323. The van der Waals surface area contributed by atoms with Crippen LogP contribution in [0.1, 0.15) is 12.8 Å². The van der Waals surface area contributed by atoms with Gasteiger partial charge in [-0.3, -0.25) is 4.90 Å². The Hall–Kier alpha value is -4.58. The summed E-state index contributed by atoms with van der Waals surface area (Å²) < 4.78 is 53.0. The van der Waals surface area contributed by atoms with E-state index in [1.807, 2.05) is 65.6 Å². The molecular formula is C31H31F3N6O3. The fourth-order valence-corrected chi connectivity index (χ4v) is 5.11. The Labute approximate surface area is 247 Å². The summed E-state index contributed by atoms with van der Waals surface area (Å²) in [5, 5.41) is 0. The molecule has 0 unspecified atom stereocenters. The standard InChI is InChI=1S/C31H31F3N6O3/c32-31(33,34)43-27-13-11-25(12-14-27)42-26-15-17-38(18-16-26)28-35-29(39-19-21-41-22-20-39)37-30(36-28)40(23-7-3-1-4-8-23)24-9-5-2-6-10-24/h1-14,26H,15-22H2. The first kappa shape index (κ1) is 28.5. The van der Waals surface area contributed by atoms with Crippen molar-refractivity contribution < 1.29 is 27.4 Å². The molecule has 2 aliphatic rings. The van der Waals surface area contributed by atoms with Gasteiger partial charge < -0.3 is 24.0 Å².